The molecule has 1 N–H and O–H groups in total. The van der Waals surface area contributed by atoms with E-state index in [-0.39, 0.29) is 5.82 Å². The molecule has 0 aliphatic carbocycles. The van der Waals surface area contributed by atoms with Crippen LogP contribution in [0.1, 0.15) is 12.8 Å². The van der Waals surface area contributed by atoms with Gasteiger partial charge in [-0.25, -0.2) is 9.37 Å². The fraction of sp³-hybridized carbons (Fsp3) is 0.400. The maximum atomic E-state index is 13.2. The number of hydrogen-bond donors (Lipinski definition) is 1. The average molecular weight is 260 g/mol. The number of nitrogens with one attached hydrogen (secondary N) is 1. The van der Waals surface area contributed by atoms with Gasteiger partial charge in [-0.2, -0.15) is 0 Å². The Bertz CT molecular complexity index is 567. The van der Waals surface area contributed by atoms with Gasteiger partial charge in [-0.1, -0.05) is 0 Å². The maximum absolute atomic E-state index is 13.2. The molecule has 1 aromatic heterocycles. The Morgan fingerprint density at radius 3 is 3.16 bits per heavy atom. The van der Waals surface area contributed by atoms with Crippen molar-refractivity contribution in [3.05, 3.63) is 36.3 Å². The van der Waals surface area contributed by atoms with Gasteiger partial charge in [-0.15, -0.1) is 0 Å². The summed E-state index contributed by atoms with van der Waals surface area (Å²) in [5, 5.41) is 5.19. The van der Waals surface area contributed by atoms with Gasteiger partial charge >= 0.3 is 0 Å². The minimum atomic E-state index is -0.217. The number of hydrogen-bond acceptors (Lipinski definition) is 3. The minimum absolute atomic E-state index is 0.217. The highest BCUT2D eigenvalue weighted by Gasteiger charge is 2.14. The van der Waals surface area contributed by atoms with Crippen molar-refractivity contribution in [1.29, 1.82) is 0 Å². The lowest BCUT2D eigenvalue weighted by molar-refractivity contribution is 0.0595. The topological polar surface area (TPSA) is 34.1 Å². The third-order valence-electron chi connectivity index (χ3n) is 3.54. The second kappa shape index (κ2) is 5.53. The first-order valence-electron chi connectivity index (χ1n) is 6.69. The van der Waals surface area contributed by atoms with Gasteiger partial charge in [0.1, 0.15) is 11.6 Å². The molecule has 1 aliphatic heterocycles. The van der Waals surface area contributed by atoms with Crippen molar-refractivity contribution in [2.24, 2.45) is 5.92 Å². The summed E-state index contributed by atoms with van der Waals surface area (Å²) in [4.78, 5) is 4.35. The third kappa shape index (κ3) is 2.84. The van der Waals surface area contributed by atoms with Gasteiger partial charge in [-0.3, -0.25) is 0 Å². The van der Waals surface area contributed by atoms with E-state index in [4.69, 9.17) is 4.74 Å². The standard InChI is InChI=1S/C15H17FN2O/c16-13-3-4-14-12(8-13)5-6-17-15(14)18-9-11-2-1-7-19-10-11/h3-6,8,11H,1-2,7,9-10H2,(H,17,18). The van der Waals surface area contributed by atoms with Crippen LogP contribution in [0.2, 0.25) is 0 Å². The fourth-order valence-corrected chi connectivity index (χ4v) is 2.50. The van der Waals surface area contributed by atoms with Crippen LogP contribution in [0.15, 0.2) is 30.5 Å². The van der Waals surface area contributed by atoms with Crippen LogP contribution < -0.4 is 5.32 Å². The number of nitrogens with zero attached hydrogens (tertiary/aromatic N) is 1. The van der Waals surface area contributed by atoms with E-state index in [1.54, 1.807) is 12.3 Å². The zero-order valence-corrected chi connectivity index (χ0v) is 10.7. The van der Waals surface area contributed by atoms with Crippen molar-refractivity contribution in [1.82, 2.24) is 4.98 Å². The van der Waals surface area contributed by atoms with E-state index < -0.39 is 0 Å². The smallest absolute Gasteiger partial charge is 0.133 e. The summed E-state index contributed by atoms with van der Waals surface area (Å²) in [6.07, 6.45) is 4.02. The highest BCUT2D eigenvalue weighted by atomic mass is 19.1. The minimum Gasteiger partial charge on any atom is -0.381 e. The lowest BCUT2D eigenvalue weighted by Gasteiger charge is -2.22. The Kier molecular flexibility index (Phi) is 3.60. The normalized spacial score (nSPS) is 19.5. The second-order valence-electron chi connectivity index (χ2n) is 4.99. The summed E-state index contributed by atoms with van der Waals surface area (Å²) in [5.74, 6) is 1.14. The number of rotatable bonds is 3. The van der Waals surface area contributed by atoms with Gasteiger partial charge in [0, 0.05) is 24.7 Å². The molecule has 0 amide bonds. The van der Waals surface area contributed by atoms with Crippen LogP contribution in [0, 0.1) is 11.7 Å². The SMILES string of the molecule is Fc1ccc2c(NCC3CCCOC3)nccc2c1. The molecule has 2 aromatic rings. The van der Waals surface area contributed by atoms with Gasteiger partial charge in [0.15, 0.2) is 0 Å². The van der Waals surface area contributed by atoms with E-state index in [0.29, 0.717) is 5.92 Å². The fourth-order valence-electron chi connectivity index (χ4n) is 2.50. The molecule has 2 heterocycles. The molecule has 1 aromatic carbocycles. The zero-order chi connectivity index (χ0) is 13.1. The van der Waals surface area contributed by atoms with Gasteiger partial charge in [0.2, 0.25) is 0 Å². The molecule has 19 heavy (non-hydrogen) atoms. The monoisotopic (exact) mass is 260 g/mol. The van der Waals surface area contributed by atoms with Crippen LogP contribution in [0.5, 0.6) is 0 Å². The van der Waals surface area contributed by atoms with Crippen molar-refractivity contribution in [3.63, 3.8) is 0 Å². The van der Waals surface area contributed by atoms with Crippen LogP contribution in [0.4, 0.5) is 10.2 Å². The molecule has 1 fully saturated rings. The van der Waals surface area contributed by atoms with Crippen molar-refractivity contribution >= 4 is 16.6 Å². The second-order valence-corrected chi connectivity index (χ2v) is 4.99. The molecule has 100 valence electrons. The van der Waals surface area contributed by atoms with Gasteiger partial charge < -0.3 is 10.1 Å². The van der Waals surface area contributed by atoms with Gasteiger partial charge in [0.25, 0.3) is 0 Å². The van der Waals surface area contributed by atoms with E-state index in [9.17, 15) is 4.39 Å². The average Bonchev–Trinajstić information content (AvgIpc) is 2.45. The predicted molar refractivity (Wildman–Crippen MR) is 73.7 cm³/mol. The van der Waals surface area contributed by atoms with Crippen molar-refractivity contribution < 1.29 is 9.13 Å². The summed E-state index contributed by atoms with van der Waals surface area (Å²) in [6.45, 7) is 2.54. The molecular formula is C15H17FN2O. The lowest BCUT2D eigenvalue weighted by Crippen LogP contribution is -2.24. The van der Waals surface area contributed by atoms with E-state index in [0.717, 1.165) is 42.8 Å². The predicted octanol–water partition coefficient (Wildman–Crippen LogP) is 3.21. The van der Waals surface area contributed by atoms with E-state index in [2.05, 4.69) is 10.3 Å². The number of fused-ring (bicyclic) bond motifs is 1. The molecular weight excluding hydrogens is 243 g/mol. The van der Waals surface area contributed by atoms with Gasteiger partial charge in [0.05, 0.1) is 6.61 Å². The number of pyridine rings is 1. The van der Waals surface area contributed by atoms with Crippen LogP contribution >= 0.6 is 0 Å². The highest BCUT2D eigenvalue weighted by Crippen LogP contribution is 2.22. The van der Waals surface area contributed by atoms with Crippen molar-refractivity contribution in [3.8, 4) is 0 Å². The molecule has 0 spiro atoms. The molecule has 1 unspecified atom stereocenters. The Morgan fingerprint density at radius 1 is 1.37 bits per heavy atom. The maximum Gasteiger partial charge on any atom is 0.133 e. The summed E-state index contributed by atoms with van der Waals surface area (Å²) >= 11 is 0. The molecule has 3 nitrogen and oxygen atoms in total. The number of halogens is 1. The van der Waals surface area contributed by atoms with Crippen LogP contribution in [0.25, 0.3) is 10.8 Å². The summed E-state index contributed by atoms with van der Waals surface area (Å²) in [5.41, 5.74) is 0. The molecule has 3 rings (SSSR count). The van der Waals surface area contributed by atoms with Gasteiger partial charge in [-0.05, 0) is 48.4 Å². The van der Waals surface area contributed by atoms with E-state index in [1.165, 1.54) is 18.6 Å². The molecule has 0 saturated carbocycles. The Hall–Kier alpha value is -1.68. The summed E-state index contributed by atoms with van der Waals surface area (Å²) in [6, 6.07) is 6.61. The molecule has 1 saturated heterocycles. The first-order chi connectivity index (χ1) is 9.33. The summed E-state index contributed by atoms with van der Waals surface area (Å²) < 4.78 is 18.7. The molecule has 0 bridgehead atoms. The van der Waals surface area contributed by atoms with Crippen molar-refractivity contribution in [2.75, 3.05) is 25.1 Å². The van der Waals surface area contributed by atoms with Crippen LogP contribution in [0.3, 0.4) is 0 Å². The Morgan fingerprint density at radius 2 is 2.32 bits per heavy atom. The first kappa shape index (κ1) is 12.4. The quantitative estimate of drug-likeness (QED) is 0.920. The molecule has 0 radical (unpaired) electrons. The Balaban J connectivity index is 1.76. The highest BCUT2D eigenvalue weighted by molar-refractivity contribution is 5.91. The van der Waals surface area contributed by atoms with Crippen molar-refractivity contribution in [2.45, 2.75) is 12.8 Å². The number of ether oxygens (including phenoxy) is 1. The largest absolute Gasteiger partial charge is 0.381 e. The summed E-state index contributed by atoms with van der Waals surface area (Å²) in [7, 11) is 0. The van der Waals surface area contributed by atoms with Crippen LogP contribution in [-0.4, -0.2) is 24.7 Å². The zero-order valence-electron chi connectivity index (χ0n) is 10.7. The first-order valence-corrected chi connectivity index (χ1v) is 6.69. The molecule has 1 atom stereocenters. The number of aromatic nitrogens is 1. The molecule has 1 aliphatic rings. The Labute approximate surface area is 111 Å². The lowest BCUT2D eigenvalue weighted by atomic mass is 10.0. The van der Waals surface area contributed by atoms with Crippen LogP contribution in [-0.2, 0) is 4.74 Å². The molecule has 4 heteroatoms. The van der Waals surface area contributed by atoms with E-state index in [1.807, 2.05) is 6.07 Å². The number of anilines is 1. The number of benzene rings is 1. The third-order valence-corrected chi connectivity index (χ3v) is 3.54. The van der Waals surface area contributed by atoms with E-state index >= 15 is 0 Å².